The van der Waals surface area contributed by atoms with Crippen LogP contribution in [-0.4, -0.2) is 11.2 Å². The Hall–Kier alpha value is -0.410. The number of hydrogen-bond acceptors (Lipinski definition) is 1. The molecule has 0 heterocycles. The molecule has 15 heavy (non-hydrogen) atoms. The van der Waals surface area contributed by atoms with E-state index in [2.05, 4.69) is 15.9 Å². The zero-order valence-corrected chi connectivity index (χ0v) is 10.6. The van der Waals surface area contributed by atoms with Gasteiger partial charge in [0, 0.05) is 4.47 Å². The molecule has 1 rings (SSSR count). The van der Waals surface area contributed by atoms with E-state index in [1.807, 2.05) is 13.8 Å². The van der Waals surface area contributed by atoms with Crippen LogP contribution in [0.1, 0.15) is 25.8 Å². The van der Waals surface area contributed by atoms with Crippen molar-refractivity contribution in [1.82, 2.24) is 0 Å². The van der Waals surface area contributed by atoms with Gasteiger partial charge in [0.05, 0.1) is 6.10 Å². The summed E-state index contributed by atoms with van der Waals surface area (Å²) in [6, 6.07) is 4.65. The predicted molar refractivity (Wildman–Crippen MR) is 63.3 cm³/mol. The fourth-order valence-electron chi connectivity index (χ4n) is 1.59. The Kier molecular flexibility index (Phi) is 4.74. The van der Waals surface area contributed by atoms with Crippen molar-refractivity contribution in [1.29, 1.82) is 0 Å². The van der Waals surface area contributed by atoms with Gasteiger partial charge in [-0.3, -0.25) is 0 Å². The van der Waals surface area contributed by atoms with Crippen LogP contribution in [0, 0.1) is 11.7 Å². The van der Waals surface area contributed by atoms with Crippen molar-refractivity contribution in [2.45, 2.75) is 32.8 Å². The molecule has 1 aromatic carbocycles. The van der Waals surface area contributed by atoms with E-state index in [1.165, 1.54) is 12.1 Å². The lowest BCUT2D eigenvalue weighted by Crippen LogP contribution is -2.18. The second kappa shape index (κ2) is 5.61. The molecular formula is C12H16BrFO. The minimum absolute atomic E-state index is 0.146. The molecule has 1 aromatic rings. The van der Waals surface area contributed by atoms with Crippen LogP contribution in [0.4, 0.5) is 4.39 Å². The Morgan fingerprint density at radius 1 is 1.47 bits per heavy atom. The lowest BCUT2D eigenvalue weighted by molar-refractivity contribution is 0.112. The molecule has 0 aliphatic heterocycles. The Morgan fingerprint density at radius 3 is 2.73 bits per heavy atom. The van der Waals surface area contributed by atoms with E-state index in [4.69, 9.17) is 0 Å². The molecule has 0 fully saturated rings. The standard InChI is InChI=1S/C12H16BrFO/c1-3-12(15)8(2)6-9-7-10(14)4-5-11(9)13/h4-5,7-8,12,15H,3,6H2,1-2H3. The first-order chi connectivity index (χ1) is 7.04. The number of benzene rings is 1. The van der Waals surface area contributed by atoms with Gasteiger partial charge in [-0.05, 0) is 42.5 Å². The van der Waals surface area contributed by atoms with Gasteiger partial charge in [-0.1, -0.05) is 29.8 Å². The number of hydrogen-bond donors (Lipinski definition) is 1. The first kappa shape index (κ1) is 12.7. The zero-order chi connectivity index (χ0) is 11.4. The molecule has 1 N–H and O–H groups in total. The summed E-state index contributed by atoms with van der Waals surface area (Å²) in [6.07, 6.45) is 1.10. The van der Waals surface area contributed by atoms with E-state index in [1.54, 1.807) is 6.07 Å². The minimum atomic E-state index is -0.319. The molecule has 0 aliphatic carbocycles. The van der Waals surface area contributed by atoms with Crippen molar-refractivity contribution in [3.63, 3.8) is 0 Å². The quantitative estimate of drug-likeness (QED) is 0.891. The smallest absolute Gasteiger partial charge is 0.123 e. The Bertz CT molecular complexity index is 327. The number of aliphatic hydroxyl groups is 1. The Labute approximate surface area is 98.4 Å². The van der Waals surface area contributed by atoms with E-state index in [9.17, 15) is 9.50 Å². The molecule has 84 valence electrons. The van der Waals surface area contributed by atoms with Crippen molar-refractivity contribution < 1.29 is 9.50 Å². The largest absolute Gasteiger partial charge is 0.393 e. The Balaban J connectivity index is 2.75. The average molecular weight is 275 g/mol. The van der Waals surface area contributed by atoms with Crippen LogP contribution in [0.25, 0.3) is 0 Å². The topological polar surface area (TPSA) is 20.2 Å². The van der Waals surface area contributed by atoms with Crippen molar-refractivity contribution >= 4 is 15.9 Å². The van der Waals surface area contributed by atoms with Crippen LogP contribution >= 0.6 is 15.9 Å². The number of aliphatic hydroxyl groups excluding tert-OH is 1. The second-order valence-corrected chi connectivity index (χ2v) is 4.75. The number of rotatable bonds is 4. The van der Waals surface area contributed by atoms with E-state index in [0.717, 1.165) is 16.5 Å². The van der Waals surface area contributed by atoms with E-state index in [-0.39, 0.29) is 17.8 Å². The summed E-state index contributed by atoms with van der Waals surface area (Å²) in [5.74, 6) is -0.0838. The summed E-state index contributed by atoms with van der Waals surface area (Å²) >= 11 is 3.38. The highest BCUT2D eigenvalue weighted by molar-refractivity contribution is 9.10. The fraction of sp³-hybridized carbons (Fsp3) is 0.500. The molecule has 0 saturated heterocycles. The van der Waals surface area contributed by atoms with Gasteiger partial charge in [-0.25, -0.2) is 4.39 Å². The molecule has 2 atom stereocenters. The maximum Gasteiger partial charge on any atom is 0.123 e. The third-order valence-electron chi connectivity index (χ3n) is 2.62. The van der Waals surface area contributed by atoms with Gasteiger partial charge in [-0.15, -0.1) is 0 Å². The summed E-state index contributed by atoms with van der Waals surface area (Å²) in [7, 11) is 0. The molecule has 2 unspecified atom stereocenters. The second-order valence-electron chi connectivity index (χ2n) is 3.89. The van der Waals surface area contributed by atoms with Gasteiger partial charge in [-0.2, -0.15) is 0 Å². The van der Waals surface area contributed by atoms with E-state index < -0.39 is 0 Å². The molecule has 0 amide bonds. The van der Waals surface area contributed by atoms with Crippen molar-refractivity contribution in [3.8, 4) is 0 Å². The first-order valence-corrected chi connectivity index (χ1v) is 5.96. The molecule has 3 heteroatoms. The molecule has 0 aliphatic rings. The molecule has 0 saturated carbocycles. The van der Waals surface area contributed by atoms with Crippen LogP contribution in [-0.2, 0) is 6.42 Å². The summed E-state index contributed by atoms with van der Waals surface area (Å²) in [5, 5.41) is 9.64. The molecule has 1 nitrogen and oxygen atoms in total. The van der Waals surface area contributed by atoms with Gasteiger partial charge in [0.25, 0.3) is 0 Å². The third-order valence-corrected chi connectivity index (χ3v) is 3.40. The minimum Gasteiger partial charge on any atom is -0.393 e. The van der Waals surface area contributed by atoms with Gasteiger partial charge < -0.3 is 5.11 Å². The van der Waals surface area contributed by atoms with Crippen molar-refractivity contribution in [2.24, 2.45) is 5.92 Å². The van der Waals surface area contributed by atoms with Crippen LogP contribution in [0.2, 0.25) is 0 Å². The highest BCUT2D eigenvalue weighted by Crippen LogP contribution is 2.22. The first-order valence-electron chi connectivity index (χ1n) is 5.16. The van der Waals surface area contributed by atoms with Crippen molar-refractivity contribution in [3.05, 3.63) is 34.1 Å². The Morgan fingerprint density at radius 2 is 2.13 bits per heavy atom. The summed E-state index contributed by atoms with van der Waals surface area (Å²) in [6.45, 7) is 3.92. The molecule has 0 spiro atoms. The van der Waals surface area contributed by atoms with Crippen LogP contribution in [0.15, 0.2) is 22.7 Å². The van der Waals surface area contributed by atoms with Gasteiger partial charge >= 0.3 is 0 Å². The van der Waals surface area contributed by atoms with Crippen LogP contribution < -0.4 is 0 Å². The van der Waals surface area contributed by atoms with Gasteiger partial charge in [0.15, 0.2) is 0 Å². The molecule has 0 aromatic heterocycles. The normalized spacial score (nSPS) is 15.0. The zero-order valence-electron chi connectivity index (χ0n) is 9.00. The highest BCUT2D eigenvalue weighted by atomic mass is 79.9. The summed E-state index contributed by atoms with van der Waals surface area (Å²) < 4.78 is 13.9. The maximum atomic E-state index is 13.0. The lowest BCUT2D eigenvalue weighted by Gasteiger charge is -2.17. The predicted octanol–water partition coefficient (Wildman–Crippen LogP) is 3.54. The lowest BCUT2D eigenvalue weighted by atomic mass is 9.94. The van der Waals surface area contributed by atoms with Crippen LogP contribution in [0.5, 0.6) is 0 Å². The average Bonchev–Trinajstić information content (AvgIpc) is 2.22. The molecule has 0 bridgehead atoms. The molecular weight excluding hydrogens is 259 g/mol. The van der Waals surface area contributed by atoms with Gasteiger partial charge in [0.1, 0.15) is 5.82 Å². The summed E-state index contributed by atoms with van der Waals surface area (Å²) in [5.41, 5.74) is 0.912. The molecule has 0 radical (unpaired) electrons. The van der Waals surface area contributed by atoms with E-state index >= 15 is 0 Å². The summed E-state index contributed by atoms with van der Waals surface area (Å²) in [4.78, 5) is 0. The third kappa shape index (κ3) is 3.58. The van der Waals surface area contributed by atoms with Gasteiger partial charge in [0.2, 0.25) is 0 Å². The van der Waals surface area contributed by atoms with E-state index in [0.29, 0.717) is 6.42 Å². The highest BCUT2D eigenvalue weighted by Gasteiger charge is 2.14. The fourth-order valence-corrected chi connectivity index (χ4v) is 1.99. The maximum absolute atomic E-state index is 13.0. The monoisotopic (exact) mass is 274 g/mol. The van der Waals surface area contributed by atoms with Crippen LogP contribution in [0.3, 0.4) is 0 Å². The SMILES string of the molecule is CCC(O)C(C)Cc1cc(F)ccc1Br. The number of halogens is 2. The van der Waals surface area contributed by atoms with Crippen molar-refractivity contribution in [2.75, 3.05) is 0 Å².